The number of fused-ring (bicyclic) bond motifs is 6. The van der Waals surface area contributed by atoms with Crippen LogP contribution in [-0.2, 0) is 30.6 Å². The minimum atomic E-state index is -1.60. The van der Waals surface area contributed by atoms with Crippen molar-refractivity contribution in [2.75, 3.05) is 6.61 Å². The van der Waals surface area contributed by atoms with Gasteiger partial charge < -0.3 is 29.2 Å². The second kappa shape index (κ2) is 15.9. The van der Waals surface area contributed by atoms with Crippen molar-refractivity contribution in [1.29, 1.82) is 0 Å². The SMILES string of the molecule is CCC(CCO[Si](CC)(CC)CC)(C1C2C=CC=CC2C2CCCCC21)C1C2C=CC=CC2C2CCCCC21.[Cl-].[Cl-].[Zr+2]. The maximum atomic E-state index is 7.17. The maximum absolute atomic E-state index is 7.17. The van der Waals surface area contributed by atoms with Crippen LogP contribution in [0.4, 0.5) is 0 Å². The summed E-state index contributed by atoms with van der Waals surface area (Å²) >= 11 is 0. The Balaban J connectivity index is 0.00000161. The molecule has 0 aromatic carbocycles. The molecule has 6 rings (SSSR count). The third-order valence-corrected chi connectivity index (χ3v) is 18.5. The maximum Gasteiger partial charge on any atom is 2.00 e. The van der Waals surface area contributed by atoms with Crippen LogP contribution in [0.15, 0.2) is 48.6 Å². The van der Waals surface area contributed by atoms with E-state index in [4.69, 9.17) is 4.43 Å². The van der Waals surface area contributed by atoms with E-state index in [1.807, 2.05) is 0 Å². The Morgan fingerprint density at radius 2 is 0.976 bits per heavy atom. The van der Waals surface area contributed by atoms with Gasteiger partial charge in [0.2, 0.25) is 0 Å². The molecule has 10 atom stereocenters. The molecule has 4 fully saturated rings. The first kappa shape index (κ1) is 37.1. The molecule has 10 unspecified atom stereocenters. The summed E-state index contributed by atoms with van der Waals surface area (Å²) in [5.41, 5.74) is 0.389. The summed E-state index contributed by atoms with van der Waals surface area (Å²) in [5, 5.41) is 0. The Hall–Kier alpha value is 0.600. The van der Waals surface area contributed by atoms with Gasteiger partial charge in [-0.2, -0.15) is 0 Å². The molecule has 0 radical (unpaired) electrons. The van der Waals surface area contributed by atoms with Crippen molar-refractivity contribution in [3.8, 4) is 0 Å². The van der Waals surface area contributed by atoms with Gasteiger partial charge in [-0.05, 0) is 121 Å². The third kappa shape index (κ3) is 6.29. The van der Waals surface area contributed by atoms with E-state index >= 15 is 0 Å². The predicted octanol–water partition coefficient (Wildman–Crippen LogP) is 4.39. The topological polar surface area (TPSA) is 9.23 Å². The molecule has 0 bridgehead atoms. The minimum absolute atomic E-state index is 0. The van der Waals surface area contributed by atoms with Crippen LogP contribution in [0.2, 0.25) is 18.1 Å². The summed E-state index contributed by atoms with van der Waals surface area (Å²) in [5.74, 6) is 8.38. The number of halogens is 2. The molecule has 0 aromatic heterocycles. The smallest absolute Gasteiger partial charge is 1.00 e. The van der Waals surface area contributed by atoms with Gasteiger partial charge in [-0.1, -0.05) is 102 Å². The molecule has 0 spiro atoms. The van der Waals surface area contributed by atoms with Gasteiger partial charge in [-0.3, -0.25) is 0 Å². The fourth-order valence-electron chi connectivity index (χ4n) is 12.0. The van der Waals surface area contributed by atoms with Crippen molar-refractivity contribution >= 4 is 8.32 Å². The number of allylic oxidation sites excluding steroid dienone is 8. The van der Waals surface area contributed by atoms with Crippen LogP contribution in [0.25, 0.3) is 0 Å². The predicted molar refractivity (Wildman–Crippen MR) is 169 cm³/mol. The summed E-state index contributed by atoms with van der Waals surface area (Å²) in [6.45, 7) is 10.9. The second-order valence-corrected chi connectivity index (χ2v) is 19.3. The van der Waals surface area contributed by atoms with Gasteiger partial charge in [-0.25, -0.2) is 0 Å². The molecule has 6 aliphatic carbocycles. The normalized spacial score (nSPS) is 39.0. The molecule has 6 aliphatic rings. The molecule has 0 aliphatic heterocycles. The van der Waals surface area contributed by atoms with Crippen molar-refractivity contribution in [3.05, 3.63) is 48.6 Å². The molecule has 4 saturated carbocycles. The van der Waals surface area contributed by atoms with E-state index in [2.05, 4.69) is 76.3 Å². The first-order valence-corrected chi connectivity index (χ1v) is 20.0. The average molecular weight is 709 g/mol. The molecule has 5 heteroatoms. The van der Waals surface area contributed by atoms with E-state index in [1.54, 1.807) is 0 Å². The van der Waals surface area contributed by atoms with E-state index in [-0.39, 0.29) is 51.0 Å². The second-order valence-electron chi connectivity index (χ2n) is 14.6. The minimum Gasteiger partial charge on any atom is -1.00 e. The molecule has 0 saturated heterocycles. The van der Waals surface area contributed by atoms with Crippen molar-refractivity contribution in [2.45, 2.75) is 110 Å². The fourth-order valence-corrected chi connectivity index (χ4v) is 14.6. The van der Waals surface area contributed by atoms with E-state index in [0.717, 1.165) is 65.8 Å². The zero-order valence-corrected chi connectivity index (χ0v) is 31.9. The molecule has 0 heterocycles. The van der Waals surface area contributed by atoms with Gasteiger partial charge in [0.25, 0.3) is 0 Å². The van der Waals surface area contributed by atoms with Crippen LogP contribution in [-0.4, -0.2) is 14.9 Å². The Morgan fingerprint density at radius 3 is 1.36 bits per heavy atom. The van der Waals surface area contributed by atoms with Crippen LogP contribution in [0.3, 0.4) is 0 Å². The van der Waals surface area contributed by atoms with Crippen molar-refractivity contribution in [2.24, 2.45) is 64.6 Å². The summed E-state index contributed by atoms with van der Waals surface area (Å²) < 4.78 is 7.17. The van der Waals surface area contributed by atoms with Gasteiger partial charge in [-0.15, -0.1) is 0 Å². The molecule has 1 nitrogen and oxygen atoms in total. The van der Waals surface area contributed by atoms with E-state index in [9.17, 15) is 0 Å². The Kier molecular flexibility index (Phi) is 14.1. The van der Waals surface area contributed by atoms with Crippen LogP contribution in [0, 0.1) is 64.6 Å². The fraction of sp³-hybridized carbons (Fsp3) is 0.784. The van der Waals surface area contributed by atoms with E-state index in [0.29, 0.717) is 5.41 Å². The molecule has 0 aromatic rings. The first-order valence-electron chi connectivity index (χ1n) is 17.5. The van der Waals surface area contributed by atoms with Crippen LogP contribution in [0.1, 0.15) is 91.9 Å². The average Bonchev–Trinajstić information content (AvgIpc) is 3.52. The zero-order valence-electron chi connectivity index (χ0n) is 27.0. The molecular formula is C37H58Cl2OSiZr. The molecule has 42 heavy (non-hydrogen) atoms. The quantitative estimate of drug-likeness (QED) is 0.307. The van der Waals surface area contributed by atoms with Crippen molar-refractivity contribution < 1.29 is 55.4 Å². The Labute approximate surface area is 291 Å². The third-order valence-electron chi connectivity index (χ3n) is 13.8. The van der Waals surface area contributed by atoms with Gasteiger partial charge in [0.1, 0.15) is 0 Å². The first-order chi connectivity index (χ1) is 19.1. The van der Waals surface area contributed by atoms with Gasteiger partial charge in [0, 0.05) is 6.61 Å². The Morgan fingerprint density at radius 1 is 0.595 bits per heavy atom. The monoisotopic (exact) mass is 706 g/mol. The zero-order chi connectivity index (χ0) is 27.0. The number of hydrogen-bond donors (Lipinski definition) is 0. The standard InChI is InChI=1S/C37H58OSi.2ClH.Zr/c1-5-37(25-26-38-39(6-2,7-3)8-4,35-31-21-13-9-17-27(31)28-18-10-14-22-32(28)35)36-33-23-15-11-19-29(33)30-20-12-16-24-34(30)36;;;/h9,11,13,15,17,19,21,23,27-36H,5-8,10,12,14,16,18,20,22,24-26H2,1-4H3;2*1H;/q;;;+2/p-2. The van der Waals surface area contributed by atoms with Crippen LogP contribution in [0.5, 0.6) is 0 Å². The number of hydrogen-bond acceptors (Lipinski definition) is 1. The van der Waals surface area contributed by atoms with Gasteiger partial charge in [0.05, 0.1) is 0 Å². The van der Waals surface area contributed by atoms with Crippen LogP contribution < -0.4 is 24.8 Å². The Bertz CT molecular complexity index is 905. The number of rotatable bonds is 10. The molecular weight excluding hydrogens is 651 g/mol. The molecule has 234 valence electrons. The van der Waals surface area contributed by atoms with Crippen LogP contribution >= 0.6 is 0 Å². The van der Waals surface area contributed by atoms with Gasteiger partial charge >= 0.3 is 26.2 Å². The molecule has 0 amide bonds. The van der Waals surface area contributed by atoms with Crippen molar-refractivity contribution in [3.63, 3.8) is 0 Å². The largest absolute Gasteiger partial charge is 2.00 e. The summed E-state index contributed by atoms with van der Waals surface area (Å²) in [6.07, 6.45) is 34.7. The molecule has 0 N–H and O–H groups in total. The van der Waals surface area contributed by atoms with Gasteiger partial charge in [0.15, 0.2) is 8.32 Å². The summed E-state index contributed by atoms with van der Waals surface area (Å²) in [4.78, 5) is 0. The van der Waals surface area contributed by atoms with E-state index < -0.39 is 8.32 Å². The van der Waals surface area contributed by atoms with E-state index in [1.165, 1.54) is 82.3 Å². The summed E-state index contributed by atoms with van der Waals surface area (Å²) in [7, 11) is -1.60. The van der Waals surface area contributed by atoms with Crippen molar-refractivity contribution in [1.82, 2.24) is 0 Å². The summed E-state index contributed by atoms with van der Waals surface area (Å²) in [6, 6.07) is 3.83.